The van der Waals surface area contributed by atoms with E-state index in [2.05, 4.69) is 4.99 Å². The molecule has 0 bridgehead atoms. The molecule has 0 saturated carbocycles. The summed E-state index contributed by atoms with van der Waals surface area (Å²) in [5.74, 6) is -0.00827. The molecule has 2 nitrogen and oxygen atoms in total. The van der Waals surface area contributed by atoms with Gasteiger partial charge in [-0.2, -0.15) is 0 Å². The maximum Gasteiger partial charge on any atom is 0.136 e. The molecule has 1 aromatic carbocycles. The number of aliphatic imine (C=N–C) groups is 1. The Labute approximate surface area is 86.8 Å². The molecule has 1 rings (SSSR count). The molecule has 0 aliphatic rings. The van der Waals surface area contributed by atoms with Crippen molar-refractivity contribution in [2.75, 3.05) is 0 Å². The molecule has 0 fully saturated rings. The third-order valence-electron chi connectivity index (χ3n) is 1.38. The Morgan fingerprint density at radius 1 is 1.31 bits per heavy atom. The van der Waals surface area contributed by atoms with Crippen molar-refractivity contribution in [1.82, 2.24) is 0 Å². The van der Waals surface area contributed by atoms with Gasteiger partial charge in [-0.05, 0) is 26.0 Å². The first-order valence-electron chi connectivity index (χ1n) is 3.71. The lowest BCUT2D eigenvalue weighted by Crippen LogP contribution is -1.80. The molecule has 0 aliphatic heterocycles. The van der Waals surface area contributed by atoms with E-state index in [1.54, 1.807) is 6.07 Å². The number of benzene rings is 1. The van der Waals surface area contributed by atoms with Gasteiger partial charge in [-0.25, -0.2) is 0 Å². The van der Waals surface area contributed by atoms with Crippen molar-refractivity contribution in [2.45, 2.75) is 13.8 Å². The van der Waals surface area contributed by atoms with E-state index in [9.17, 15) is 5.11 Å². The minimum atomic E-state index is -0.00827. The number of nitrogens with zero attached hydrogens (tertiary/aromatic N) is 1. The van der Waals surface area contributed by atoms with Gasteiger partial charge < -0.3 is 5.11 Å². The van der Waals surface area contributed by atoms with Crippen LogP contribution in [0.25, 0.3) is 0 Å². The van der Waals surface area contributed by atoms with Crippen LogP contribution in [0.1, 0.15) is 13.8 Å². The molecular weight excluding hydrogens is 209 g/mol. The van der Waals surface area contributed by atoms with Crippen LogP contribution in [0, 0.1) is 0 Å². The summed E-state index contributed by atoms with van der Waals surface area (Å²) >= 11 is 11.6. The zero-order valence-electron chi connectivity index (χ0n) is 7.31. The van der Waals surface area contributed by atoms with Crippen LogP contribution in [0.4, 0.5) is 5.69 Å². The number of rotatable bonds is 1. The molecule has 0 spiro atoms. The van der Waals surface area contributed by atoms with E-state index < -0.39 is 0 Å². The van der Waals surface area contributed by atoms with Gasteiger partial charge in [-0.3, -0.25) is 4.99 Å². The fourth-order valence-electron chi connectivity index (χ4n) is 0.856. The van der Waals surface area contributed by atoms with Gasteiger partial charge in [0.25, 0.3) is 0 Å². The quantitative estimate of drug-likeness (QED) is 0.714. The average Bonchev–Trinajstić information content (AvgIpc) is 2.05. The maximum absolute atomic E-state index is 9.28. The number of halogens is 2. The lowest BCUT2D eigenvalue weighted by Gasteiger charge is -2.03. The van der Waals surface area contributed by atoms with Gasteiger partial charge in [-0.1, -0.05) is 23.2 Å². The summed E-state index contributed by atoms with van der Waals surface area (Å²) in [5.41, 5.74) is 1.25. The zero-order valence-corrected chi connectivity index (χ0v) is 8.82. The number of aromatic hydroxyl groups is 1. The van der Waals surface area contributed by atoms with Crippen LogP contribution in [-0.4, -0.2) is 10.8 Å². The van der Waals surface area contributed by atoms with E-state index in [-0.39, 0.29) is 10.8 Å². The predicted molar refractivity (Wildman–Crippen MR) is 56.6 cm³/mol. The minimum Gasteiger partial charge on any atom is -0.506 e. The van der Waals surface area contributed by atoms with E-state index in [4.69, 9.17) is 23.2 Å². The molecule has 1 aromatic rings. The van der Waals surface area contributed by atoms with Crippen molar-refractivity contribution in [3.05, 3.63) is 22.2 Å². The van der Waals surface area contributed by atoms with Crippen molar-refractivity contribution in [2.24, 2.45) is 4.99 Å². The summed E-state index contributed by atoms with van der Waals surface area (Å²) in [6.07, 6.45) is 0. The molecule has 70 valence electrons. The van der Waals surface area contributed by atoms with E-state index in [0.717, 1.165) is 5.71 Å². The summed E-state index contributed by atoms with van der Waals surface area (Å²) in [5, 5.41) is 9.90. The largest absolute Gasteiger partial charge is 0.506 e. The first-order chi connectivity index (χ1) is 6.02. The van der Waals surface area contributed by atoms with Crippen LogP contribution in [0.3, 0.4) is 0 Å². The standard InChI is InChI=1S/C9H9Cl2NO/c1-5(2)12-9-6(10)3-4-7(13)8(9)11/h3-4,13H,1-2H3. The second-order valence-electron chi connectivity index (χ2n) is 2.79. The van der Waals surface area contributed by atoms with Crippen LogP contribution < -0.4 is 0 Å². The normalized spacial score (nSPS) is 9.85. The van der Waals surface area contributed by atoms with Crippen molar-refractivity contribution < 1.29 is 5.11 Å². The lowest BCUT2D eigenvalue weighted by molar-refractivity contribution is 0.476. The molecule has 0 atom stereocenters. The molecule has 0 saturated heterocycles. The molecule has 0 aliphatic carbocycles. The van der Waals surface area contributed by atoms with Gasteiger partial charge in [0.1, 0.15) is 16.5 Å². The van der Waals surface area contributed by atoms with Gasteiger partial charge >= 0.3 is 0 Å². The summed E-state index contributed by atoms with van der Waals surface area (Å²) in [4.78, 5) is 4.11. The maximum atomic E-state index is 9.28. The second kappa shape index (κ2) is 3.99. The smallest absolute Gasteiger partial charge is 0.136 e. The third-order valence-corrected chi connectivity index (χ3v) is 2.06. The van der Waals surface area contributed by atoms with E-state index in [0.29, 0.717) is 10.7 Å². The van der Waals surface area contributed by atoms with Crippen LogP contribution in [0.5, 0.6) is 5.75 Å². The minimum absolute atomic E-state index is 0.00827. The lowest BCUT2D eigenvalue weighted by atomic mass is 10.3. The highest BCUT2D eigenvalue weighted by molar-refractivity contribution is 6.39. The van der Waals surface area contributed by atoms with Crippen molar-refractivity contribution in [3.8, 4) is 5.75 Å². The first-order valence-corrected chi connectivity index (χ1v) is 4.47. The number of hydrogen-bond acceptors (Lipinski definition) is 2. The zero-order chi connectivity index (χ0) is 10.0. The number of phenols is 1. The SMILES string of the molecule is CC(C)=Nc1c(Cl)ccc(O)c1Cl. The summed E-state index contributed by atoms with van der Waals surface area (Å²) < 4.78 is 0. The average molecular weight is 218 g/mol. The van der Waals surface area contributed by atoms with Crippen LogP contribution in [0.2, 0.25) is 10.0 Å². The first kappa shape index (κ1) is 10.4. The van der Waals surface area contributed by atoms with Gasteiger partial charge in [0, 0.05) is 5.71 Å². The van der Waals surface area contributed by atoms with Crippen molar-refractivity contribution in [3.63, 3.8) is 0 Å². The van der Waals surface area contributed by atoms with Gasteiger partial charge in [0.15, 0.2) is 0 Å². The monoisotopic (exact) mass is 217 g/mol. The molecule has 0 amide bonds. The van der Waals surface area contributed by atoms with Crippen LogP contribution in [-0.2, 0) is 0 Å². The Kier molecular flexibility index (Phi) is 3.17. The molecule has 13 heavy (non-hydrogen) atoms. The van der Waals surface area contributed by atoms with E-state index in [1.807, 2.05) is 13.8 Å². The molecule has 4 heteroatoms. The van der Waals surface area contributed by atoms with Gasteiger partial charge in [0.2, 0.25) is 0 Å². The molecule has 1 N–H and O–H groups in total. The highest BCUT2D eigenvalue weighted by Gasteiger charge is 2.08. The second-order valence-corrected chi connectivity index (χ2v) is 3.57. The van der Waals surface area contributed by atoms with Crippen LogP contribution >= 0.6 is 23.2 Å². The molecule has 0 aromatic heterocycles. The number of hydrogen-bond donors (Lipinski definition) is 1. The Balaban J connectivity index is 3.34. The molecular formula is C9H9Cl2NO. The Hall–Kier alpha value is -0.730. The fourth-order valence-corrected chi connectivity index (χ4v) is 1.31. The van der Waals surface area contributed by atoms with Gasteiger partial charge in [-0.15, -0.1) is 0 Å². The summed E-state index contributed by atoms with van der Waals surface area (Å²) in [7, 11) is 0. The van der Waals surface area contributed by atoms with E-state index >= 15 is 0 Å². The Morgan fingerprint density at radius 2 is 1.92 bits per heavy atom. The number of phenolic OH excluding ortho intramolecular Hbond substituents is 1. The third kappa shape index (κ3) is 2.36. The molecule has 0 heterocycles. The molecule has 0 radical (unpaired) electrons. The summed E-state index contributed by atoms with van der Waals surface area (Å²) in [6.45, 7) is 3.66. The highest BCUT2D eigenvalue weighted by atomic mass is 35.5. The van der Waals surface area contributed by atoms with Crippen molar-refractivity contribution in [1.29, 1.82) is 0 Å². The van der Waals surface area contributed by atoms with Gasteiger partial charge in [0.05, 0.1) is 5.02 Å². The van der Waals surface area contributed by atoms with E-state index in [1.165, 1.54) is 6.07 Å². The predicted octanol–water partition coefficient (Wildman–Crippen LogP) is 3.81. The Morgan fingerprint density at radius 3 is 2.46 bits per heavy atom. The van der Waals surface area contributed by atoms with Crippen LogP contribution in [0.15, 0.2) is 17.1 Å². The topological polar surface area (TPSA) is 32.6 Å². The highest BCUT2D eigenvalue weighted by Crippen LogP contribution is 2.39. The van der Waals surface area contributed by atoms with Crippen molar-refractivity contribution >= 4 is 34.6 Å². The fraction of sp³-hybridized carbons (Fsp3) is 0.222. The molecule has 0 unspecified atom stereocenters. The summed E-state index contributed by atoms with van der Waals surface area (Å²) in [6, 6.07) is 3.00. The Bertz CT molecular complexity index is 357.